The molecular formula is C11H17BrN2. The summed E-state index contributed by atoms with van der Waals surface area (Å²) in [5.41, 5.74) is 8.28. The molecule has 0 radical (unpaired) electrons. The monoisotopic (exact) mass is 256 g/mol. The lowest BCUT2D eigenvalue weighted by molar-refractivity contribution is 0.607. The average Bonchev–Trinajstić information content (AvgIpc) is 2.10. The predicted octanol–water partition coefficient (Wildman–Crippen LogP) is 2.19. The first kappa shape index (κ1) is 11.7. The molecule has 78 valence electrons. The Morgan fingerprint density at radius 2 is 2.21 bits per heavy atom. The zero-order chi connectivity index (χ0) is 10.6. The highest BCUT2D eigenvalue weighted by Crippen LogP contribution is 2.15. The van der Waals surface area contributed by atoms with Gasteiger partial charge < -0.3 is 11.1 Å². The molecule has 1 unspecified atom stereocenters. The van der Waals surface area contributed by atoms with Gasteiger partial charge in [0.2, 0.25) is 0 Å². The van der Waals surface area contributed by atoms with Gasteiger partial charge in [0.25, 0.3) is 0 Å². The van der Waals surface area contributed by atoms with E-state index in [9.17, 15) is 0 Å². The Morgan fingerprint density at radius 3 is 2.86 bits per heavy atom. The predicted molar refractivity (Wildman–Crippen MR) is 64.2 cm³/mol. The summed E-state index contributed by atoms with van der Waals surface area (Å²) in [4.78, 5) is 0. The van der Waals surface area contributed by atoms with Gasteiger partial charge in [-0.3, -0.25) is 0 Å². The highest BCUT2D eigenvalue weighted by molar-refractivity contribution is 9.10. The van der Waals surface area contributed by atoms with E-state index in [0.717, 1.165) is 17.6 Å². The molecule has 0 aliphatic rings. The fraction of sp³-hybridized carbons (Fsp3) is 0.455. The molecule has 0 fully saturated rings. The minimum Gasteiger partial charge on any atom is -0.327 e. The number of nitrogens with one attached hydrogen (secondary N) is 1. The van der Waals surface area contributed by atoms with Gasteiger partial charge in [0.05, 0.1) is 0 Å². The maximum atomic E-state index is 5.65. The molecule has 2 nitrogen and oxygen atoms in total. The van der Waals surface area contributed by atoms with Gasteiger partial charge in [0.15, 0.2) is 0 Å². The van der Waals surface area contributed by atoms with E-state index in [1.54, 1.807) is 0 Å². The second kappa shape index (κ2) is 5.49. The Bertz CT molecular complexity index is 297. The fourth-order valence-electron chi connectivity index (χ4n) is 1.26. The van der Waals surface area contributed by atoms with Crippen LogP contribution in [0.1, 0.15) is 18.1 Å². The van der Waals surface area contributed by atoms with E-state index in [-0.39, 0.29) is 6.04 Å². The van der Waals surface area contributed by atoms with Gasteiger partial charge in [-0.1, -0.05) is 22.0 Å². The number of halogens is 1. The molecule has 3 heteroatoms. The first-order valence-corrected chi connectivity index (χ1v) is 5.60. The topological polar surface area (TPSA) is 38.0 Å². The summed E-state index contributed by atoms with van der Waals surface area (Å²) in [5, 5.41) is 3.32. The van der Waals surface area contributed by atoms with Gasteiger partial charge >= 0.3 is 0 Å². The first-order valence-electron chi connectivity index (χ1n) is 4.81. The fourth-order valence-corrected chi connectivity index (χ4v) is 1.67. The van der Waals surface area contributed by atoms with Crippen molar-refractivity contribution in [1.82, 2.24) is 5.32 Å². The first-order chi connectivity index (χ1) is 6.59. The molecule has 1 aromatic rings. The molecule has 0 saturated heterocycles. The molecule has 0 saturated carbocycles. The Morgan fingerprint density at radius 1 is 1.50 bits per heavy atom. The van der Waals surface area contributed by atoms with Crippen LogP contribution < -0.4 is 11.1 Å². The maximum absolute atomic E-state index is 5.65. The minimum absolute atomic E-state index is 0.211. The second-order valence-electron chi connectivity index (χ2n) is 3.68. The largest absolute Gasteiger partial charge is 0.327 e. The van der Waals surface area contributed by atoms with Crippen LogP contribution in [-0.2, 0) is 6.54 Å². The van der Waals surface area contributed by atoms with E-state index in [1.807, 2.05) is 6.92 Å². The van der Waals surface area contributed by atoms with Crippen LogP contribution in [0.3, 0.4) is 0 Å². The molecular weight excluding hydrogens is 240 g/mol. The van der Waals surface area contributed by atoms with Crippen molar-refractivity contribution in [3.05, 3.63) is 33.8 Å². The quantitative estimate of drug-likeness (QED) is 0.867. The Kier molecular flexibility index (Phi) is 4.58. The van der Waals surface area contributed by atoms with Gasteiger partial charge in [-0.25, -0.2) is 0 Å². The molecule has 0 bridgehead atoms. The van der Waals surface area contributed by atoms with E-state index >= 15 is 0 Å². The standard InChI is InChI=1S/C11H17BrN2/c1-8-3-4-11(12)5-10(8)7-14-6-9(2)13/h3-5,9,14H,6-7,13H2,1-2H3. The summed E-state index contributed by atoms with van der Waals surface area (Å²) in [6.45, 7) is 5.86. The summed E-state index contributed by atoms with van der Waals surface area (Å²) in [6.07, 6.45) is 0. The normalized spacial score (nSPS) is 12.9. The summed E-state index contributed by atoms with van der Waals surface area (Å²) in [5.74, 6) is 0. The average molecular weight is 257 g/mol. The molecule has 1 rings (SSSR count). The van der Waals surface area contributed by atoms with E-state index < -0.39 is 0 Å². The van der Waals surface area contributed by atoms with Crippen LogP contribution in [-0.4, -0.2) is 12.6 Å². The smallest absolute Gasteiger partial charge is 0.0209 e. The second-order valence-corrected chi connectivity index (χ2v) is 4.59. The number of hydrogen-bond donors (Lipinski definition) is 2. The molecule has 0 aliphatic heterocycles. The van der Waals surface area contributed by atoms with E-state index in [4.69, 9.17) is 5.73 Å². The van der Waals surface area contributed by atoms with E-state index in [1.165, 1.54) is 11.1 Å². The third-order valence-electron chi connectivity index (χ3n) is 2.09. The van der Waals surface area contributed by atoms with Crippen molar-refractivity contribution in [3.63, 3.8) is 0 Å². The van der Waals surface area contributed by atoms with Crippen molar-refractivity contribution in [1.29, 1.82) is 0 Å². The molecule has 14 heavy (non-hydrogen) atoms. The maximum Gasteiger partial charge on any atom is 0.0209 e. The van der Waals surface area contributed by atoms with Crippen LogP contribution in [0.5, 0.6) is 0 Å². The molecule has 1 atom stereocenters. The van der Waals surface area contributed by atoms with E-state index in [0.29, 0.717) is 0 Å². The molecule has 3 N–H and O–H groups in total. The van der Waals surface area contributed by atoms with Crippen LogP contribution in [0.15, 0.2) is 22.7 Å². The molecule has 0 amide bonds. The van der Waals surface area contributed by atoms with Crippen LogP contribution >= 0.6 is 15.9 Å². The Labute approximate surface area is 94.0 Å². The summed E-state index contributed by atoms with van der Waals surface area (Å²) in [7, 11) is 0. The van der Waals surface area contributed by atoms with Crippen LogP contribution in [0.2, 0.25) is 0 Å². The Balaban J connectivity index is 2.53. The van der Waals surface area contributed by atoms with Gasteiger partial charge in [-0.2, -0.15) is 0 Å². The molecule has 0 spiro atoms. The highest BCUT2D eigenvalue weighted by Gasteiger charge is 1.99. The van der Waals surface area contributed by atoms with Gasteiger partial charge in [0, 0.05) is 23.6 Å². The number of benzene rings is 1. The number of aryl methyl sites for hydroxylation is 1. The molecule has 0 aliphatic carbocycles. The van der Waals surface area contributed by atoms with Crippen molar-refractivity contribution in [3.8, 4) is 0 Å². The minimum atomic E-state index is 0.211. The molecule has 1 aromatic carbocycles. The van der Waals surface area contributed by atoms with Crippen molar-refractivity contribution in [2.45, 2.75) is 26.4 Å². The van der Waals surface area contributed by atoms with Crippen LogP contribution in [0.4, 0.5) is 0 Å². The lowest BCUT2D eigenvalue weighted by atomic mass is 10.1. The van der Waals surface area contributed by atoms with Crippen molar-refractivity contribution >= 4 is 15.9 Å². The van der Waals surface area contributed by atoms with Gasteiger partial charge in [0.1, 0.15) is 0 Å². The molecule has 0 heterocycles. The molecule has 0 aromatic heterocycles. The summed E-state index contributed by atoms with van der Waals surface area (Å²) < 4.78 is 1.13. The third-order valence-corrected chi connectivity index (χ3v) is 2.59. The van der Waals surface area contributed by atoms with Crippen LogP contribution in [0, 0.1) is 6.92 Å². The number of hydrogen-bond acceptors (Lipinski definition) is 2. The van der Waals surface area contributed by atoms with E-state index in [2.05, 4.69) is 46.4 Å². The Hall–Kier alpha value is -0.380. The van der Waals surface area contributed by atoms with Crippen molar-refractivity contribution in [2.75, 3.05) is 6.54 Å². The lowest BCUT2D eigenvalue weighted by Crippen LogP contribution is -2.30. The van der Waals surface area contributed by atoms with Gasteiger partial charge in [-0.15, -0.1) is 0 Å². The number of rotatable bonds is 4. The van der Waals surface area contributed by atoms with Gasteiger partial charge in [-0.05, 0) is 37.1 Å². The lowest BCUT2D eigenvalue weighted by Gasteiger charge is -2.10. The summed E-state index contributed by atoms with van der Waals surface area (Å²) in [6, 6.07) is 6.53. The summed E-state index contributed by atoms with van der Waals surface area (Å²) >= 11 is 3.46. The highest BCUT2D eigenvalue weighted by atomic mass is 79.9. The third kappa shape index (κ3) is 3.78. The van der Waals surface area contributed by atoms with Crippen molar-refractivity contribution < 1.29 is 0 Å². The van der Waals surface area contributed by atoms with Crippen LogP contribution in [0.25, 0.3) is 0 Å². The zero-order valence-electron chi connectivity index (χ0n) is 8.68. The van der Waals surface area contributed by atoms with Crippen molar-refractivity contribution in [2.24, 2.45) is 5.73 Å². The zero-order valence-corrected chi connectivity index (χ0v) is 10.3. The SMILES string of the molecule is Cc1ccc(Br)cc1CNCC(C)N. The number of nitrogens with two attached hydrogens (primary N) is 1.